The van der Waals surface area contributed by atoms with Gasteiger partial charge in [-0.05, 0) is 43.9 Å². The number of rotatable bonds is 9. The van der Waals surface area contributed by atoms with Crippen molar-refractivity contribution in [3.63, 3.8) is 0 Å². The number of nitrogens with zero attached hydrogens (tertiary/aromatic N) is 1. The number of carboxylic acids is 1. The lowest BCUT2D eigenvalue weighted by Gasteiger charge is -2.19. The Hall–Kier alpha value is -2.85. The summed E-state index contributed by atoms with van der Waals surface area (Å²) in [5, 5.41) is 16.4. The van der Waals surface area contributed by atoms with Gasteiger partial charge in [0.15, 0.2) is 6.61 Å². The van der Waals surface area contributed by atoms with Gasteiger partial charge in [-0.25, -0.2) is 4.98 Å². The Morgan fingerprint density at radius 1 is 1.35 bits per heavy atom. The van der Waals surface area contributed by atoms with Crippen LogP contribution in [0.15, 0.2) is 33.0 Å². The van der Waals surface area contributed by atoms with Crippen molar-refractivity contribution in [1.29, 1.82) is 0 Å². The minimum Gasteiger partial charge on any atom is -0.548 e. The van der Waals surface area contributed by atoms with E-state index in [9.17, 15) is 19.5 Å². The first-order valence-electron chi connectivity index (χ1n) is 9.40. The first-order valence-corrected chi connectivity index (χ1v) is 11.7. The van der Waals surface area contributed by atoms with Gasteiger partial charge in [-0.1, -0.05) is 0 Å². The molecule has 0 saturated heterocycles. The maximum absolute atomic E-state index is 12.9. The van der Waals surface area contributed by atoms with Crippen molar-refractivity contribution in [2.24, 2.45) is 0 Å². The molecule has 2 aromatic heterocycles. The van der Waals surface area contributed by atoms with E-state index in [0.717, 1.165) is 5.69 Å². The standard InChI is InChI=1S/C21H22N2O6S2/c1-11-6-13(28-9-17(24)23-15(21(26)27)4-5-30-3)7-16-18(11)19(25)14(8-29-16)20-22-12(2)10-31-20/h6-8,10,15H,4-5,9H2,1-3H3,(H,23,24)(H,26,27)/p-1/t15-/m0/s1. The number of carbonyl (C=O) groups is 2. The number of thiazole rings is 1. The van der Waals surface area contributed by atoms with Gasteiger partial charge >= 0.3 is 0 Å². The second kappa shape index (κ2) is 9.97. The number of benzene rings is 1. The molecule has 0 bridgehead atoms. The Morgan fingerprint density at radius 2 is 2.13 bits per heavy atom. The number of aryl methyl sites for hydroxylation is 2. The van der Waals surface area contributed by atoms with Gasteiger partial charge in [-0.3, -0.25) is 9.59 Å². The first kappa shape index (κ1) is 22.8. The van der Waals surface area contributed by atoms with Gasteiger partial charge in [-0.2, -0.15) is 11.8 Å². The number of fused-ring (bicyclic) bond motifs is 1. The average molecular weight is 462 g/mol. The predicted molar refractivity (Wildman–Crippen MR) is 118 cm³/mol. The second-order valence-corrected chi connectivity index (χ2v) is 8.74. The summed E-state index contributed by atoms with van der Waals surface area (Å²) < 4.78 is 11.2. The molecule has 1 amide bonds. The highest BCUT2D eigenvalue weighted by molar-refractivity contribution is 7.98. The Kier molecular flexibility index (Phi) is 7.34. The zero-order chi connectivity index (χ0) is 22.5. The van der Waals surface area contributed by atoms with Crippen LogP contribution in [0, 0.1) is 13.8 Å². The maximum atomic E-state index is 12.9. The highest BCUT2D eigenvalue weighted by Gasteiger charge is 2.16. The van der Waals surface area contributed by atoms with E-state index in [-0.39, 0.29) is 18.5 Å². The molecule has 0 saturated carbocycles. The fourth-order valence-electron chi connectivity index (χ4n) is 3.00. The average Bonchev–Trinajstić information content (AvgIpc) is 3.15. The Balaban J connectivity index is 1.76. The Labute approximate surface area is 186 Å². The summed E-state index contributed by atoms with van der Waals surface area (Å²) in [5.74, 6) is -1.01. The molecule has 10 heteroatoms. The van der Waals surface area contributed by atoms with Crippen molar-refractivity contribution in [2.45, 2.75) is 26.3 Å². The van der Waals surface area contributed by atoms with Crippen molar-refractivity contribution in [2.75, 3.05) is 18.6 Å². The highest BCUT2D eigenvalue weighted by atomic mass is 32.2. The third kappa shape index (κ3) is 5.45. The summed E-state index contributed by atoms with van der Waals surface area (Å²) in [6.45, 7) is 3.22. The molecule has 2 heterocycles. The largest absolute Gasteiger partial charge is 0.548 e. The number of nitrogens with one attached hydrogen (secondary N) is 1. The number of amides is 1. The molecule has 0 aliphatic heterocycles. The molecule has 31 heavy (non-hydrogen) atoms. The molecule has 3 aromatic rings. The molecular weight excluding hydrogens is 440 g/mol. The Bertz CT molecular complexity index is 1170. The minimum absolute atomic E-state index is 0.192. The number of hydrogen-bond donors (Lipinski definition) is 1. The fraction of sp³-hybridized carbons (Fsp3) is 0.333. The van der Waals surface area contributed by atoms with Crippen LogP contribution in [0.4, 0.5) is 0 Å². The first-order chi connectivity index (χ1) is 14.8. The third-order valence-electron chi connectivity index (χ3n) is 4.50. The van der Waals surface area contributed by atoms with E-state index in [4.69, 9.17) is 9.15 Å². The lowest BCUT2D eigenvalue weighted by molar-refractivity contribution is -0.308. The van der Waals surface area contributed by atoms with Crippen LogP contribution in [-0.4, -0.2) is 41.5 Å². The number of carboxylic acid groups (broad SMARTS) is 1. The van der Waals surface area contributed by atoms with Gasteiger partial charge in [0.05, 0.1) is 23.0 Å². The number of aliphatic carboxylic acids is 1. The van der Waals surface area contributed by atoms with Gasteiger partial charge in [0, 0.05) is 17.1 Å². The van der Waals surface area contributed by atoms with Crippen molar-refractivity contribution in [1.82, 2.24) is 10.3 Å². The molecule has 0 aliphatic rings. The number of carbonyl (C=O) groups excluding carboxylic acids is 2. The summed E-state index contributed by atoms with van der Waals surface area (Å²) in [4.78, 5) is 40.5. The van der Waals surface area contributed by atoms with E-state index in [1.165, 1.54) is 35.4 Å². The Morgan fingerprint density at radius 3 is 2.77 bits per heavy atom. The van der Waals surface area contributed by atoms with Crippen molar-refractivity contribution >= 4 is 45.9 Å². The van der Waals surface area contributed by atoms with E-state index in [0.29, 0.717) is 38.6 Å². The van der Waals surface area contributed by atoms with Crippen LogP contribution < -0.4 is 20.6 Å². The van der Waals surface area contributed by atoms with Crippen LogP contribution in [-0.2, 0) is 9.59 Å². The smallest absolute Gasteiger partial charge is 0.258 e. The molecule has 3 rings (SSSR count). The molecule has 0 unspecified atom stereocenters. The number of ether oxygens (including phenoxy) is 1. The molecule has 0 radical (unpaired) electrons. The minimum atomic E-state index is -1.34. The van der Waals surface area contributed by atoms with Gasteiger partial charge < -0.3 is 24.4 Å². The molecule has 164 valence electrons. The topological polar surface area (TPSA) is 122 Å². The summed E-state index contributed by atoms with van der Waals surface area (Å²) in [7, 11) is 0. The molecule has 1 N–H and O–H groups in total. The molecule has 0 fully saturated rings. The number of hydrogen-bond acceptors (Lipinski definition) is 9. The fourth-order valence-corrected chi connectivity index (χ4v) is 4.27. The normalized spacial score (nSPS) is 12.0. The van der Waals surface area contributed by atoms with Crippen molar-refractivity contribution < 1.29 is 23.8 Å². The van der Waals surface area contributed by atoms with E-state index in [1.54, 1.807) is 13.0 Å². The second-order valence-electron chi connectivity index (χ2n) is 6.90. The van der Waals surface area contributed by atoms with Gasteiger partial charge in [0.2, 0.25) is 5.43 Å². The highest BCUT2D eigenvalue weighted by Crippen LogP contribution is 2.27. The quantitative estimate of drug-likeness (QED) is 0.513. The predicted octanol–water partition coefficient (Wildman–Crippen LogP) is 1.90. The molecular formula is C21H21N2O6S2-. The maximum Gasteiger partial charge on any atom is 0.258 e. The van der Waals surface area contributed by atoms with Gasteiger partial charge in [-0.15, -0.1) is 11.3 Å². The monoisotopic (exact) mass is 461 g/mol. The van der Waals surface area contributed by atoms with Crippen molar-refractivity contribution in [3.8, 4) is 16.3 Å². The molecule has 1 aromatic carbocycles. The van der Waals surface area contributed by atoms with Crippen LogP contribution in [0.2, 0.25) is 0 Å². The van der Waals surface area contributed by atoms with E-state index in [2.05, 4.69) is 10.3 Å². The molecule has 8 nitrogen and oxygen atoms in total. The number of thioether (sulfide) groups is 1. The van der Waals surface area contributed by atoms with Gasteiger partial charge in [0.1, 0.15) is 22.6 Å². The number of aromatic nitrogens is 1. The summed E-state index contributed by atoms with van der Waals surface area (Å²) in [6, 6.07) is 2.08. The van der Waals surface area contributed by atoms with Crippen LogP contribution >= 0.6 is 23.1 Å². The third-order valence-corrected chi connectivity index (χ3v) is 6.14. The van der Waals surface area contributed by atoms with Crippen molar-refractivity contribution in [3.05, 3.63) is 45.3 Å². The SMILES string of the molecule is CSCC[C@H](NC(=O)COc1cc(C)c2c(=O)c(-c3nc(C)cs3)coc2c1)C(=O)[O-]. The lowest BCUT2D eigenvalue weighted by Crippen LogP contribution is -2.49. The molecule has 0 spiro atoms. The van der Waals surface area contributed by atoms with Crippen LogP contribution in [0.1, 0.15) is 17.7 Å². The summed E-state index contributed by atoms with van der Waals surface area (Å²) >= 11 is 2.85. The summed E-state index contributed by atoms with van der Waals surface area (Å²) in [6.07, 6.45) is 3.48. The summed E-state index contributed by atoms with van der Waals surface area (Å²) in [5.41, 5.74) is 1.98. The zero-order valence-electron chi connectivity index (χ0n) is 17.2. The van der Waals surface area contributed by atoms with E-state index < -0.39 is 17.9 Å². The zero-order valence-corrected chi connectivity index (χ0v) is 18.9. The van der Waals surface area contributed by atoms with E-state index >= 15 is 0 Å². The molecule has 0 aliphatic carbocycles. The molecule has 1 atom stereocenters. The van der Waals surface area contributed by atoms with Crippen LogP contribution in [0.25, 0.3) is 21.5 Å². The van der Waals surface area contributed by atoms with Crippen LogP contribution in [0.5, 0.6) is 5.75 Å². The lowest BCUT2D eigenvalue weighted by atomic mass is 10.1. The van der Waals surface area contributed by atoms with Crippen LogP contribution in [0.3, 0.4) is 0 Å². The van der Waals surface area contributed by atoms with E-state index in [1.807, 2.05) is 18.6 Å². The van der Waals surface area contributed by atoms with Gasteiger partial charge in [0.25, 0.3) is 5.91 Å².